The van der Waals surface area contributed by atoms with Crippen molar-refractivity contribution >= 4 is 11.4 Å². The van der Waals surface area contributed by atoms with Crippen LogP contribution in [0.4, 0.5) is 11.4 Å². The molecule has 4 aromatic rings. The van der Waals surface area contributed by atoms with Crippen LogP contribution in [0.5, 0.6) is 0 Å². The zero-order valence-electron chi connectivity index (χ0n) is 33.1. The van der Waals surface area contributed by atoms with Crippen LogP contribution in [0.25, 0.3) is 0 Å². The molecule has 0 aliphatic heterocycles. The molecule has 0 amide bonds. The quantitative estimate of drug-likeness (QED) is 0.0480. The van der Waals surface area contributed by atoms with Gasteiger partial charge >= 0.3 is 0 Å². The number of benzene rings is 4. The van der Waals surface area contributed by atoms with Crippen molar-refractivity contribution in [3.63, 3.8) is 0 Å². The first-order chi connectivity index (χ1) is 25.6. The van der Waals surface area contributed by atoms with Crippen molar-refractivity contribution in [3.8, 4) is 0 Å². The van der Waals surface area contributed by atoms with Gasteiger partial charge < -0.3 is 11.5 Å². The van der Waals surface area contributed by atoms with Crippen molar-refractivity contribution in [2.24, 2.45) is 0 Å². The molecule has 0 saturated carbocycles. The van der Waals surface area contributed by atoms with Gasteiger partial charge in [-0.3, -0.25) is 0 Å². The molecule has 2 heteroatoms. The zero-order valence-corrected chi connectivity index (χ0v) is 33.1. The van der Waals surface area contributed by atoms with Crippen LogP contribution in [0.1, 0.15) is 187 Å². The minimum atomic E-state index is 0.469. The molecule has 4 aromatic carbocycles. The Hall–Kier alpha value is -3.52. The van der Waals surface area contributed by atoms with E-state index in [1.54, 1.807) is 0 Å². The molecule has 0 fully saturated rings. The highest BCUT2D eigenvalue weighted by molar-refractivity contribution is 5.44. The van der Waals surface area contributed by atoms with Gasteiger partial charge in [-0.05, 0) is 96.2 Å². The van der Waals surface area contributed by atoms with Gasteiger partial charge in [0.1, 0.15) is 0 Å². The molecule has 0 saturated heterocycles. The van der Waals surface area contributed by atoms with Crippen molar-refractivity contribution < 1.29 is 0 Å². The minimum Gasteiger partial charge on any atom is -0.399 e. The molecule has 2 unspecified atom stereocenters. The molecule has 0 heterocycles. The van der Waals surface area contributed by atoms with Crippen LogP contribution < -0.4 is 11.5 Å². The Morgan fingerprint density at radius 2 is 0.596 bits per heavy atom. The lowest BCUT2D eigenvalue weighted by atomic mass is 9.86. The van der Waals surface area contributed by atoms with Crippen LogP contribution in [0.2, 0.25) is 0 Å². The molecule has 0 radical (unpaired) electrons. The van der Waals surface area contributed by atoms with E-state index in [1.165, 1.54) is 175 Å². The number of rotatable bonds is 27. The molecule has 282 valence electrons. The molecular formula is C50H72N2. The molecule has 0 aliphatic rings. The van der Waals surface area contributed by atoms with E-state index in [0.29, 0.717) is 11.8 Å². The highest BCUT2D eigenvalue weighted by Gasteiger charge is 2.15. The summed E-state index contributed by atoms with van der Waals surface area (Å²) in [5.41, 5.74) is 22.3. The smallest absolute Gasteiger partial charge is 0.0314 e. The molecule has 0 spiro atoms. The Bertz CT molecular complexity index is 1340. The van der Waals surface area contributed by atoms with Crippen LogP contribution in [-0.4, -0.2) is 0 Å². The van der Waals surface area contributed by atoms with Crippen molar-refractivity contribution in [2.75, 3.05) is 11.5 Å². The Labute approximate surface area is 319 Å². The van der Waals surface area contributed by atoms with E-state index in [9.17, 15) is 0 Å². The van der Waals surface area contributed by atoms with E-state index >= 15 is 0 Å². The summed E-state index contributed by atoms with van der Waals surface area (Å²) in [4.78, 5) is 0. The molecule has 4 N–H and O–H groups in total. The zero-order chi connectivity index (χ0) is 36.6. The number of anilines is 2. The third kappa shape index (κ3) is 15.2. The van der Waals surface area contributed by atoms with Gasteiger partial charge in [0.2, 0.25) is 0 Å². The normalized spacial score (nSPS) is 12.6. The predicted octanol–water partition coefficient (Wildman–Crippen LogP) is 14.7. The summed E-state index contributed by atoms with van der Waals surface area (Å²) in [6.45, 7) is 4.57. The van der Waals surface area contributed by atoms with Crippen molar-refractivity contribution in [1.29, 1.82) is 0 Å². The van der Waals surface area contributed by atoms with Crippen molar-refractivity contribution in [3.05, 3.63) is 130 Å². The summed E-state index contributed by atoms with van der Waals surface area (Å²) in [7, 11) is 0. The highest BCUT2D eigenvalue weighted by Crippen LogP contribution is 2.32. The molecule has 4 rings (SSSR count). The van der Waals surface area contributed by atoms with E-state index in [2.05, 4.69) is 86.6 Å². The number of unbranched alkanes of at least 4 members (excludes halogenated alkanes) is 15. The molecule has 0 aromatic heterocycles. The van der Waals surface area contributed by atoms with Crippen molar-refractivity contribution in [2.45, 2.75) is 167 Å². The standard InChI is InChI=1S/C50H72N2/c1-3-5-17-23-49(45-33-37-47(51)38-34-45)43-29-25-41(26-30-43)21-19-15-13-11-9-7-8-10-12-14-16-20-22-42-27-31-44(32-28-42)50(24-18-6-4-2)46-35-39-48(52)40-36-46/h25-40,49-50H,3-24,51-52H2,1-2H3. The Morgan fingerprint density at radius 1 is 0.327 bits per heavy atom. The number of nitrogens with two attached hydrogens (primary N) is 2. The van der Waals surface area contributed by atoms with Gasteiger partial charge in [-0.25, -0.2) is 0 Å². The third-order valence-electron chi connectivity index (χ3n) is 11.3. The maximum Gasteiger partial charge on any atom is 0.0314 e. The van der Waals surface area contributed by atoms with Gasteiger partial charge in [0.15, 0.2) is 0 Å². The second-order valence-corrected chi connectivity index (χ2v) is 15.7. The van der Waals surface area contributed by atoms with Crippen LogP contribution in [0.15, 0.2) is 97.1 Å². The topological polar surface area (TPSA) is 52.0 Å². The van der Waals surface area contributed by atoms with Gasteiger partial charge in [-0.1, -0.05) is 189 Å². The van der Waals surface area contributed by atoms with Crippen LogP contribution in [-0.2, 0) is 12.8 Å². The minimum absolute atomic E-state index is 0.469. The summed E-state index contributed by atoms with van der Waals surface area (Å²) < 4.78 is 0. The fourth-order valence-corrected chi connectivity index (χ4v) is 7.96. The lowest BCUT2D eigenvalue weighted by molar-refractivity contribution is 0.540. The Kier molecular flexibility index (Phi) is 19.6. The van der Waals surface area contributed by atoms with E-state index in [4.69, 9.17) is 11.5 Å². The second-order valence-electron chi connectivity index (χ2n) is 15.7. The van der Waals surface area contributed by atoms with Crippen LogP contribution >= 0.6 is 0 Å². The summed E-state index contributed by atoms with van der Waals surface area (Å²) in [5, 5.41) is 0. The highest BCUT2D eigenvalue weighted by atomic mass is 14.5. The summed E-state index contributed by atoms with van der Waals surface area (Å²) >= 11 is 0. The fraction of sp³-hybridized carbons (Fsp3) is 0.520. The van der Waals surface area contributed by atoms with Gasteiger partial charge in [0.25, 0.3) is 0 Å². The third-order valence-corrected chi connectivity index (χ3v) is 11.3. The molecule has 2 nitrogen and oxygen atoms in total. The first-order valence-corrected chi connectivity index (χ1v) is 21.5. The summed E-state index contributed by atoms with van der Waals surface area (Å²) in [6, 6.07) is 36.1. The predicted molar refractivity (Wildman–Crippen MR) is 229 cm³/mol. The number of nitrogen functional groups attached to an aromatic ring is 2. The lowest BCUT2D eigenvalue weighted by Gasteiger charge is -2.19. The number of aryl methyl sites for hydroxylation is 2. The van der Waals surface area contributed by atoms with Crippen LogP contribution in [0.3, 0.4) is 0 Å². The molecular weight excluding hydrogens is 629 g/mol. The first-order valence-electron chi connectivity index (χ1n) is 21.5. The first kappa shape index (κ1) is 41.2. The maximum absolute atomic E-state index is 5.97. The Morgan fingerprint density at radius 3 is 0.885 bits per heavy atom. The fourth-order valence-electron chi connectivity index (χ4n) is 7.96. The lowest BCUT2D eigenvalue weighted by Crippen LogP contribution is -2.02. The maximum atomic E-state index is 5.97. The largest absolute Gasteiger partial charge is 0.399 e. The molecule has 0 aliphatic carbocycles. The average molecular weight is 701 g/mol. The second kappa shape index (κ2) is 24.7. The van der Waals surface area contributed by atoms with Gasteiger partial charge in [0.05, 0.1) is 0 Å². The number of hydrogen-bond acceptors (Lipinski definition) is 2. The van der Waals surface area contributed by atoms with Gasteiger partial charge in [-0.2, -0.15) is 0 Å². The molecule has 52 heavy (non-hydrogen) atoms. The number of hydrogen-bond donors (Lipinski definition) is 2. The summed E-state index contributed by atoms with van der Waals surface area (Å²) in [6.07, 6.45) is 29.1. The summed E-state index contributed by atoms with van der Waals surface area (Å²) in [5.74, 6) is 0.937. The van der Waals surface area contributed by atoms with Crippen molar-refractivity contribution in [1.82, 2.24) is 0 Å². The Balaban J connectivity index is 1.01. The monoisotopic (exact) mass is 701 g/mol. The van der Waals surface area contributed by atoms with E-state index in [-0.39, 0.29) is 0 Å². The van der Waals surface area contributed by atoms with E-state index < -0.39 is 0 Å². The van der Waals surface area contributed by atoms with Crippen LogP contribution in [0, 0.1) is 0 Å². The van der Waals surface area contributed by atoms with E-state index in [0.717, 1.165) is 11.4 Å². The van der Waals surface area contributed by atoms with E-state index in [1.807, 2.05) is 24.3 Å². The molecule has 0 bridgehead atoms. The average Bonchev–Trinajstić information content (AvgIpc) is 3.17. The SMILES string of the molecule is CCCCCC(c1ccc(N)cc1)c1ccc(CCCCCCCCCCCCCCc2ccc(C(CCCCC)c3ccc(N)cc3)cc2)cc1. The van der Waals surface area contributed by atoms with Gasteiger partial charge in [0, 0.05) is 23.2 Å². The molecule has 2 atom stereocenters. The van der Waals surface area contributed by atoms with Gasteiger partial charge in [-0.15, -0.1) is 0 Å².